The maximum Gasteiger partial charge on any atom is 0.387 e. The first-order chi connectivity index (χ1) is 11.6. The molecule has 1 aliphatic rings. The highest BCUT2D eigenvalue weighted by Gasteiger charge is 2.19. The van der Waals surface area contributed by atoms with E-state index in [1.54, 1.807) is 12.1 Å². The third-order valence-corrected chi connectivity index (χ3v) is 3.90. The van der Waals surface area contributed by atoms with Crippen LogP contribution in [0.25, 0.3) is 11.3 Å². The lowest BCUT2D eigenvalue weighted by Gasteiger charge is -2.12. The number of nitrogens with one attached hydrogen (secondary N) is 3. The van der Waals surface area contributed by atoms with Crippen LogP contribution < -0.4 is 15.4 Å². The van der Waals surface area contributed by atoms with E-state index in [9.17, 15) is 13.6 Å². The zero-order valence-corrected chi connectivity index (χ0v) is 12.9. The van der Waals surface area contributed by atoms with Crippen LogP contribution in [-0.4, -0.2) is 41.8 Å². The van der Waals surface area contributed by atoms with Gasteiger partial charge in [-0.05, 0) is 31.5 Å². The summed E-state index contributed by atoms with van der Waals surface area (Å²) in [5, 5.41) is 12.8. The molecule has 0 radical (unpaired) electrons. The maximum atomic E-state index is 12.4. The van der Waals surface area contributed by atoms with Crippen LogP contribution in [0.2, 0.25) is 0 Å². The lowest BCUT2D eigenvalue weighted by Crippen LogP contribution is -2.37. The van der Waals surface area contributed by atoms with E-state index in [1.807, 2.05) is 0 Å². The second-order valence-corrected chi connectivity index (χ2v) is 5.57. The van der Waals surface area contributed by atoms with Gasteiger partial charge in [-0.2, -0.15) is 13.9 Å². The summed E-state index contributed by atoms with van der Waals surface area (Å²) in [5.74, 6) is -0.230. The molecular formula is C16H18F2N4O2. The average Bonchev–Trinajstić information content (AvgIpc) is 3.23. The Kier molecular flexibility index (Phi) is 5.05. The molecule has 2 heterocycles. The van der Waals surface area contributed by atoms with Gasteiger partial charge in [0.25, 0.3) is 5.91 Å². The summed E-state index contributed by atoms with van der Waals surface area (Å²) in [4.78, 5) is 12.4. The summed E-state index contributed by atoms with van der Waals surface area (Å²) in [6, 6.07) is 6.43. The van der Waals surface area contributed by atoms with Crippen molar-refractivity contribution in [1.29, 1.82) is 0 Å². The smallest absolute Gasteiger partial charge is 0.387 e. The van der Waals surface area contributed by atoms with E-state index in [4.69, 9.17) is 0 Å². The summed E-state index contributed by atoms with van der Waals surface area (Å²) < 4.78 is 29.1. The van der Waals surface area contributed by atoms with Crippen LogP contribution in [0.1, 0.15) is 23.2 Å². The van der Waals surface area contributed by atoms with Crippen LogP contribution in [0.15, 0.2) is 30.5 Å². The van der Waals surface area contributed by atoms with Gasteiger partial charge in [0.1, 0.15) is 5.75 Å². The highest BCUT2D eigenvalue weighted by atomic mass is 19.3. The standard InChI is InChI=1S/C16H18F2N4O2/c17-16(18)24-12-5-1-3-10(7-12)14-13(9-21-22-14)15(23)20-8-11-4-2-6-19-11/h1,3,5,7,9,11,16,19H,2,4,6,8H2,(H,20,23)(H,21,22). The van der Waals surface area contributed by atoms with Crippen LogP contribution >= 0.6 is 0 Å². The summed E-state index contributed by atoms with van der Waals surface area (Å²) in [7, 11) is 0. The molecule has 8 heteroatoms. The van der Waals surface area contributed by atoms with Gasteiger partial charge in [0.15, 0.2) is 0 Å². The number of aromatic nitrogens is 2. The molecule has 3 N–H and O–H groups in total. The van der Waals surface area contributed by atoms with Crippen molar-refractivity contribution in [2.45, 2.75) is 25.5 Å². The van der Waals surface area contributed by atoms with Crippen LogP contribution in [0.3, 0.4) is 0 Å². The number of benzene rings is 1. The predicted octanol–water partition coefficient (Wildman–Crippen LogP) is 2.16. The molecule has 1 atom stereocenters. The van der Waals surface area contributed by atoms with Crippen molar-refractivity contribution >= 4 is 5.91 Å². The van der Waals surface area contributed by atoms with E-state index >= 15 is 0 Å². The summed E-state index contributed by atoms with van der Waals surface area (Å²) >= 11 is 0. The summed E-state index contributed by atoms with van der Waals surface area (Å²) in [5.41, 5.74) is 1.38. The molecule has 1 aromatic carbocycles. The van der Waals surface area contributed by atoms with Crippen LogP contribution in [0, 0.1) is 0 Å². The maximum absolute atomic E-state index is 12.4. The van der Waals surface area contributed by atoms with Gasteiger partial charge in [-0.25, -0.2) is 0 Å². The lowest BCUT2D eigenvalue weighted by atomic mass is 10.1. The van der Waals surface area contributed by atoms with E-state index in [-0.39, 0.29) is 17.7 Å². The second-order valence-electron chi connectivity index (χ2n) is 5.57. The third-order valence-electron chi connectivity index (χ3n) is 3.90. The van der Waals surface area contributed by atoms with Gasteiger partial charge in [-0.3, -0.25) is 9.89 Å². The monoisotopic (exact) mass is 336 g/mol. The van der Waals surface area contributed by atoms with Gasteiger partial charge in [0.2, 0.25) is 0 Å². The Morgan fingerprint density at radius 2 is 2.33 bits per heavy atom. The Morgan fingerprint density at radius 1 is 1.46 bits per heavy atom. The average molecular weight is 336 g/mol. The fourth-order valence-corrected chi connectivity index (χ4v) is 2.75. The first kappa shape index (κ1) is 16.4. The van der Waals surface area contributed by atoms with E-state index in [2.05, 4.69) is 25.6 Å². The molecule has 0 saturated carbocycles. The van der Waals surface area contributed by atoms with Gasteiger partial charge < -0.3 is 15.4 Å². The number of hydrogen-bond donors (Lipinski definition) is 3. The predicted molar refractivity (Wildman–Crippen MR) is 84.0 cm³/mol. The normalized spacial score (nSPS) is 17.2. The van der Waals surface area contributed by atoms with Crippen molar-refractivity contribution in [3.63, 3.8) is 0 Å². The number of ether oxygens (including phenoxy) is 1. The lowest BCUT2D eigenvalue weighted by molar-refractivity contribution is -0.0498. The molecule has 0 aliphatic carbocycles. The minimum absolute atomic E-state index is 0.0265. The Bertz CT molecular complexity index is 699. The number of alkyl halides is 2. The van der Waals surface area contributed by atoms with E-state index in [0.29, 0.717) is 23.4 Å². The van der Waals surface area contributed by atoms with Gasteiger partial charge in [-0.1, -0.05) is 12.1 Å². The first-order valence-corrected chi connectivity index (χ1v) is 7.73. The fourth-order valence-electron chi connectivity index (χ4n) is 2.75. The topological polar surface area (TPSA) is 79.0 Å². The Labute approximate surface area is 137 Å². The molecule has 1 amide bonds. The molecular weight excluding hydrogens is 318 g/mol. The highest BCUT2D eigenvalue weighted by molar-refractivity contribution is 5.99. The molecule has 1 unspecified atom stereocenters. The number of carbonyl (C=O) groups is 1. The van der Waals surface area contributed by atoms with Crippen LogP contribution in [0.5, 0.6) is 5.75 Å². The van der Waals surface area contributed by atoms with Gasteiger partial charge >= 0.3 is 6.61 Å². The molecule has 1 aromatic heterocycles. The van der Waals surface area contributed by atoms with Crippen LogP contribution in [0.4, 0.5) is 8.78 Å². The van der Waals surface area contributed by atoms with E-state index in [0.717, 1.165) is 19.4 Å². The molecule has 24 heavy (non-hydrogen) atoms. The molecule has 128 valence electrons. The summed E-state index contributed by atoms with van der Waals surface area (Å²) in [6.07, 6.45) is 3.56. The SMILES string of the molecule is O=C(NCC1CCCN1)c1cn[nH]c1-c1cccc(OC(F)F)c1. The van der Waals surface area contributed by atoms with Crippen LogP contribution in [-0.2, 0) is 0 Å². The highest BCUT2D eigenvalue weighted by Crippen LogP contribution is 2.26. The molecule has 1 saturated heterocycles. The quantitative estimate of drug-likeness (QED) is 0.755. The number of amides is 1. The van der Waals surface area contributed by atoms with Crippen molar-refractivity contribution < 1.29 is 18.3 Å². The Morgan fingerprint density at radius 3 is 3.08 bits per heavy atom. The summed E-state index contributed by atoms with van der Waals surface area (Å²) in [6.45, 7) is -1.39. The number of carbonyl (C=O) groups excluding carboxylic acids is 1. The molecule has 1 fully saturated rings. The number of nitrogens with zero attached hydrogens (tertiary/aromatic N) is 1. The Hall–Kier alpha value is -2.48. The second kappa shape index (κ2) is 7.39. The van der Waals surface area contributed by atoms with Gasteiger partial charge in [-0.15, -0.1) is 0 Å². The number of rotatable bonds is 6. The minimum atomic E-state index is -2.90. The van der Waals surface area contributed by atoms with Crippen molar-refractivity contribution in [3.05, 3.63) is 36.0 Å². The number of hydrogen-bond acceptors (Lipinski definition) is 4. The zero-order chi connectivity index (χ0) is 16.9. The van der Waals surface area contributed by atoms with Gasteiger partial charge in [0, 0.05) is 18.2 Å². The Balaban J connectivity index is 1.73. The largest absolute Gasteiger partial charge is 0.435 e. The molecule has 0 spiro atoms. The molecule has 0 bridgehead atoms. The first-order valence-electron chi connectivity index (χ1n) is 7.73. The van der Waals surface area contributed by atoms with Crippen molar-refractivity contribution in [2.75, 3.05) is 13.1 Å². The molecule has 6 nitrogen and oxygen atoms in total. The molecule has 2 aromatic rings. The van der Waals surface area contributed by atoms with Crippen molar-refractivity contribution in [3.8, 4) is 17.0 Å². The molecule has 1 aliphatic heterocycles. The van der Waals surface area contributed by atoms with Crippen molar-refractivity contribution in [1.82, 2.24) is 20.8 Å². The van der Waals surface area contributed by atoms with Gasteiger partial charge in [0.05, 0.1) is 17.5 Å². The zero-order valence-electron chi connectivity index (χ0n) is 12.9. The molecule has 3 rings (SSSR count). The number of aromatic amines is 1. The van der Waals surface area contributed by atoms with Crippen molar-refractivity contribution in [2.24, 2.45) is 0 Å². The number of H-pyrrole nitrogens is 1. The van der Waals surface area contributed by atoms with E-state index < -0.39 is 6.61 Å². The third kappa shape index (κ3) is 3.88. The number of halogens is 2. The fraction of sp³-hybridized carbons (Fsp3) is 0.375. The van der Waals surface area contributed by atoms with E-state index in [1.165, 1.54) is 18.3 Å². The minimum Gasteiger partial charge on any atom is -0.435 e.